The number of halogens is 1. The van der Waals surface area contributed by atoms with E-state index in [1.807, 2.05) is 35.2 Å². The van der Waals surface area contributed by atoms with Gasteiger partial charge in [-0.3, -0.25) is 9.69 Å². The van der Waals surface area contributed by atoms with Gasteiger partial charge in [0, 0.05) is 23.3 Å². The Bertz CT molecular complexity index is 933. The summed E-state index contributed by atoms with van der Waals surface area (Å²) >= 11 is 6.08. The normalized spacial score (nSPS) is 25.3. The van der Waals surface area contributed by atoms with Gasteiger partial charge in [-0.25, -0.2) is 8.42 Å². The third-order valence-corrected chi connectivity index (χ3v) is 6.95. The van der Waals surface area contributed by atoms with E-state index in [-0.39, 0.29) is 36.0 Å². The molecule has 2 atom stereocenters. The number of anilines is 1. The molecule has 2 aliphatic rings. The Morgan fingerprint density at radius 3 is 2.46 bits per heavy atom. The van der Waals surface area contributed by atoms with Gasteiger partial charge in [0.25, 0.3) is 0 Å². The lowest BCUT2D eigenvalue weighted by Crippen LogP contribution is -2.61. The van der Waals surface area contributed by atoms with Crippen molar-refractivity contribution in [1.29, 1.82) is 0 Å². The average molecular weight is 391 g/mol. The molecule has 5 nitrogen and oxygen atoms in total. The molecule has 2 heterocycles. The number of hydrogen-bond acceptors (Lipinski definition) is 4. The molecule has 1 amide bonds. The van der Waals surface area contributed by atoms with Crippen LogP contribution < -0.4 is 4.90 Å². The van der Waals surface area contributed by atoms with E-state index in [1.54, 1.807) is 29.2 Å². The Morgan fingerprint density at radius 1 is 1.00 bits per heavy atom. The molecule has 2 fully saturated rings. The van der Waals surface area contributed by atoms with Crippen molar-refractivity contribution in [3.63, 3.8) is 0 Å². The minimum atomic E-state index is -3.20. The van der Waals surface area contributed by atoms with Gasteiger partial charge in [-0.05, 0) is 23.8 Å². The van der Waals surface area contributed by atoms with E-state index in [4.69, 9.17) is 11.6 Å². The lowest BCUT2D eigenvalue weighted by Gasteiger charge is -2.43. The average Bonchev–Trinajstić information content (AvgIpc) is 2.91. The van der Waals surface area contributed by atoms with Gasteiger partial charge in [-0.2, -0.15) is 0 Å². The number of sulfone groups is 1. The Labute approximate surface area is 158 Å². The zero-order chi connectivity index (χ0) is 18.3. The number of fused-ring (bicyclic) bond motifs is 1. The van der Waals surface area contributed by atoms with Crippen molar-refractivity contribution in [3.8, 4) is 0 Å². The predicted octanol–water partition coefficient (Wildman–Crippen LogP) is 2.35. The molecule has 4 rings (SSSR count). The van der Waals surface area contributed by atoms with E-state index >= 15 is 0 Å². The molecule has 2 saturated heterocycles. The Hall–Kier alpha value is -1.89. The van der Waals surface area contributed by atoms with Crippen LogP contribution in [0.3, 0.4) is 0 Å². The maximum Gasteiger partial charge on any atom is 0.241 e. The first-order chi connectivity index (χ1) is 12.4. The molecule has 0 aliphatic carbocycles. The number of nitrogens with zero attached hydrogens (tertiary/aromatic N) is 2. The molecular weight excluding hydrogens is 372 g/mol. The van der Waals surface area contributed by atoms with E-state index in [9.17, 15) is 13.2 Å². The van der Waals surface area contributed by atoms with Gasteiger partial charge < -0.3 is 4.90 Å². The van der Waals surface area contributed by atoms with Crippen LogP contribution in [0.1, 0.15) is 5.56 Å². The first kappa shape index (κ1) is 17.5. The van der Waals surface area contributed by atoms with Crippen LogP contribution in [0.15, 0.2) is 54.6 Å². The monoisotopic (exact) mass is 390 g/mol. The molecule has 0 aromatic heterocycles. The van der Waals surface area contributed by atoms with E-state index < -0.39 is 9.84 Å². The number of amides is 1. The Kier molecular flexibility index (Phi) is 4.50. The molecule has 0 N–H and O–H groups in total. The third-order valence-electron chi connectivity index (χ3n) is 5.02. The minimum absolute atomic E-state index is 0.0127. The summed E-state index contributed by atoms with van der Waals surface area (Å²) in [6.07, 6.45) is 0. The summed E-state index contributed by atoms with van der Waals surface area (Å²) in [6, 6.07) is 16.3. The highest BCUT2D eigenvalue weighted by Gasteiger charge is 2.49. The largest absolute Gasteiger partial charge is 0.306 e. The molecule has 7 heteroatoms. The second-order valence-corrected chi connectivity index (χ2v) is 9.44. The summed E-state index contributed by atoms with van der Waals surface area (Å²) in [7, 11) is -3.20. The van der Waals surface area contributed by atoms with Gasteiger partial charge in [0.05, 0.1) is 24.1 Å². The van der Waals surface area contributed by atoms with Crippen molar-refractivity contribution in [2.24, 2.45) is 0 Å². The SMILES string of the molecule is O=C1CN(Cc2ccccc2)[C@@H]2CS(=O)(=O)C[C@H]2N1c1cccc(Cl)c1. The van der Waals surface area contributed by atoms with Crippen LogP contribution in [0.5, 0.6) is 0 Å². The number of piperazine rings is 1. The first-order valence-electron chi connectivity index (χ1n) is 8.49. The van der Waals surface area contributed by atoms with Crippen LogP contribution in [-0.4, -0.2) is 49.4 Å². The van der Waals surface area contributed by atoms with Crippen LogP contribution in [0, 0.1) is 0 Å². The maximum atomic E-state index is 12.9. The van der Waals surface area contributed by atoms with E-state index in [0.29, 0.717) is 17.3 Å². The summed E-state index contributed by atoms with van der Waals surface area (Å²) < 4.78 is 24.7. The second kappa shape index (κ2) is 6.68. The molecule has 2 aliphatic heterocycles. The molecule has 0 unspecified atom stereocenters. The summed E-state index contributed by atoms with van der Waals surface area (Å²) in [5.41, 5.74) is 1.73. The van der Waals surface area contributed by atoms with E-state index in [1.165, 1.54) is 0 Å². The van der Waals surface area contributed by atoms with Crippen LogP contribution in [0.25, 0.3) is 0 Å². The highest BCUT2D eigenvalue weighted by Crippen LogP contribution is 2.33. The molecule has 2 aromatic carbocycles. The Morgan fingerprint density at radius 2 is 1.73 bits per heavy atom. The van der Waals surface area contributed by atoms with Crippen molar-refractivity contribution in [1.82, 2.24) is 4.90 Å². The zero-order valence-electron chi connectivity index (χ0n) is 14.1. The topological polar surface area (TPSA) is 57.7 Å². The van der Waals surface area contributed by atoms with Crippen LogP contribution in [0.2, 0.25) is 5.02 Å². The van der Waals surface area contributed by atoms with Crippen molar-refractivity contribution >= 4 is 33.0 Å². The van der Waals surface area contributed by atoms with E-state index in [0.717, 1.165) is 5.56 Å². The molecule has 0 saturated carbocycles. The molecule has 26 heavy (non-hydrogen) atoms. The molecule has 0 bridgehead atoms. The van der Waals surface area contributed by atoms with Crippen molar-refractivity contribution in [2.75, 3.05) is 23.0 Å². The summed E-state index contributed by atoms with van der Waals surface area (Å²) in [5, 5.41) is 0.527. The van der Waals surface area contributed by atoms with Crippen LogP contribution in [-0.2, 0) is 21.2 Å². The smallest absolute Gasteiger partial charge is 0.241 e. The number of carbonyl (C=O) groups is 1. The number of hydrogen-bond donors (Lipinski definition) is 0. The van der Waals surface area contributed by atoms with Crippen molar-refractivity contribution in [2.45, 2.75) is 18.6 Å². The van der Waals surface area contributed by atoms with Gasteiger partial charge in [-0.15, -0.1) is 0 Å². The minimum Gasteiger partial charge on any atom is -0.306 e. The maximum absolute atomic E-state index is 12.9. The molecule has 0 spiro atoms. The quantitative estimate of drug-likeness (QED) is 0.807. The standard InChI is InChI=1S/C19H19ClN2O3S/c20-15-7-4-8-16(9-15)22-18-13-26(24,25)12-17(18)21(11-19(22)23)10-14-5-2-1-3-6-14/h1-9,17-18H,10-13H2/t17-,18-/m1/s1. The fourth-order valence-electron chi connectivity index (χ4n) is 3.91. The lowest BCUT2D eigenvalue weighted by molar-refractivity contribution is -0.123. The molecular formula is C19H19ClN2O3S. The van der Waals surface area contributed by atoms with Crippen LogP contribution >= 0.6 is 11.6 Å². The number of rotatable bonds is 3. The van der Waals surface area contributed by atoms with Crippen LogP contribution in [0.4, 0.5) is 5.69 Å². The predicted molar refractivity (Wildman–Crippen MR) is 102 cm³/mol. The first-order valence-corrected chi connectivity index (χ1v) is 10.7. The van der Waals surface area contributed by atoms with E-state index in [2.05, 4.69) is 0 Å². The van der Waals surface area contributed by atoms with Gasteiger partial charge in [-0.1, -0.05) is 48.0 Å². The second-order valence-electron chi connectivity index (χ2n) is 6.85. The summed E-state index contributed by atoms with van der Waals surface area (Å²) in [6.45, 7) is 0.755. The number of benzene rings is 2. The van der Waals surface area contributed by atoms with Crippen molar-refractivity contribution < 1.29 is 13.2 Å². The molecule has 0 radical (unpaired) electrons. The van der Waals surface area contributed by atoms with Gasteiger partial charge in [0.1, 0.15) is 0 Å². The summed E-state index contributed by atoms with van der Waals surface area (Å²) in [5.74, 6) is -0.0303. The Balaban J connectivity index is 1.68. The fourth-order valence-corrected chi connectivity index (χ4v) is 6.08. The van der Waals surface area contributed by atoms with Gasteiger partial charge in [0.2, 0.25) is 5.91 Å². The van der Waals surface area contributed by atoms with Gasteiger partial charge >= 0.3 is 0 Å². The fraction of sp³-hybridized carbons (Fsp3) is 0.316. The third kappa shape index (κ3) is 3.37. The highest BCUT2D eigenvalue weighted by molar-refractivity contribution is 7.91. The molecule has 136 valence electrons. The number of carbonyl (C=O) groups excluding carboxylic acids is 1. The zero-order valence-corrected chi connectivity index (χ0v) is 15.7. The molecule has 2 aromatic rings. The van der Waals surface area contributed by atoms with Crippen molar-refractivity contribution in [3.05, 3.63) is 65.2 Å². The van der Waals surface area contributed by atoms with Gasteiger partial charge in [0.15, 0.2) is 9.84 Å². The highest BCUT2D eigenvalue weighted by atomic mass is 35.5. The lowest BCUT2D eigenvalue weighted by atomic mass is 10.0. The summed E-state index contributed by atoms with van der Waals surface area (Å²) in [4.78, 5) is 16.5.